The van der Waals surface area contributed by atoms with Gasteiger partial charge in [-0.3, -0.25) is 4.31 Å². The van der Waals surface area contributed by atoms with Crippen LogP contribution in [0.5, 0.6) is 5.75 Å². The number of methoxy groups -OCH3 is 1. The smallest absolute Gasteiger partial charge is 0.235 e. The standard InChI is InChI=1S/C13H19NO3S/c1-3-9-18(15,16)14-8-4-5-11-6-7-12(17-2)10-13(11)14/h6-7,10H,3-5,8-9H2,1-2H3. The van der Waals surface area contributed by atoms with Gasteiger partial charge in [0, 0.05) is 12.6 Å². The third-order valence-corrected chi connectivity index (χ3v) is 5.14. The van der Waals surface area contributed by atoms with Gasteiger partial charge in [0.05, 0.1) is 18.6 Å². The molecular formula is C13H19NO3S. The summed E-state index contributed by atoms with van der Waals surface area (Å²) in [6, 6.07) is 5.66. The molecular weight excluding hydrogens is 250 g/mol. The lowest BCUT2D eigenvalue weighted by molar-refractivity contribution is 0.414. The number of anilines is 1. The van der Waals surface area contributed by atoms with Crippen molar-refractivity contribution in [3.8, 4) is 5.75 Å². The highest BCUT2D eigenvalue weighted by Crippen LogP contribution is 2.32. The van der Waals surface area contributed by atoms with Gasteiger partial charge in [0.15, 0.2) is 0 Å². The van der Waals surface area contributed by atoms with E-state index in [4.69, 9.17) is 4.74 Å². The van der Waals surface area contributed by atoms with Gasteiger partial charge in [-0.05, 0) is 30.9 Å². The Hall–Kier alpha value is -1.23. The molecule has 0 spiro atoms. The van der Waals surface area contributed by atoms with Crippen molar-refractivity contribution in [2.75, 3.05) is 23.7 Å². The molecule has 0 aromatic heterocycles. The van der Waals surface area contributed by atoms with E-state index in [2.05, 4.69) is 0 Å². The highest BCUT2D eigenvalue weighted by Gasteiger charge is 2.26. The number of rotatable bonds is 4. The Kier molecular flexibility index (Phi) is 3.80. The molecule has 1 aromatic carbocycles. The molecule has 2 rings (SSSR count). The molecule has 0 N–H and O–H groups in total. The fraction of sp³-hybridized carbons (Fsp3) is 0.538. The largest absolute Gasteiger partial charge is 0.497 e. The Labute approximate surface area is 109 Å². The van der Waals surface area contributed by atoms with Gasteiger partial charge in [-0.15, -0.1) is 0 Å². The van der Waals surface area contributed by atoms with Crippen LogP contribution in [0.1, 0.15) is 25.3 Å². The van der Waals surface area contributed by atoms with E-state index in [-0.39, 0.29) is 5.75 Å². The maximum atomic E-state index is 12.2. The average molecular weight is 269 g/mol. The SMILES string of the molecule is CCCS(=O)(=O)N1CCCc2ccc(OC)cc21. The summed E-state index contributed by atoms with van der Waals surface area (Å²) in [6.45, 7) is 2.45. The van der Waals surface area contributed by atoms with Gasteiger partial charge in [0.2, 0.25) is 10.0 Å². The van der Waals surface area contributed by atoms with Crippen molar-refractivity contribution in [3.63, 3.8) is 0 Å². The van der Waals surface area contributed by atoms with Gasteiger partial charge >= 0.3 is 0 Å². The summed E-state index contributed by atoms with van der Waals surface area (Å²) in [6.07, 6.45) is 2.44. The van der Waals surface area contributed by atoms with Crippen LogP contribution < -0.4 is 9.04 Å². The number of ether oxygens (including phenoxy) is 1. The number of fused-ring (bicyclic) bond motifs is 1. The number of hydrogen-bond donors (Lipinski definition) is 0. The van der Waals surface area contributed by atoms with Gasteiger partial charge in [0.25, 0.3) is 0 Å². The van der Waals surface area contributed by atoms with Crippen LogP contribution in [0.2, 0.25) is 0 Å². The highest BCUT2D eigenvalue weighted by molar-refractivity contribution is 7.92. The highest BCUT2D eigenvalue weighted by atomic mass is 32.2. The molecule has 1 heterocycles. The molecule has 1 aliphatic heterocycles. The first-order chi connectivity index (χ1) is 8.58. The van der Waals surface area contributed by atoms with Crippen molar-refractivity contribution in [3.05, 3.63) is 23.8 Å². The van der Waals surface area contributed by atoms with E-state index in [0.29, 0.717) is 18.7 Å². The molecule has 4 nitrogen and oxygen atoms in total. The lowest BCUT2D eigenvalue weighted by Gasteiger charge is -2.30. The zero-order chi connectivity index (χ0) is 13.2. The van der Waals surface area contributed by atoms with Crippen LogP contribution in [0.4, 0.5) is 5.69 Å². The Morgan fingerprint density at radius 2 is 2.17 bits per heavy atom. The Morgan fingerprint density at radius 3 is 2.83 bits per heavy atom. The van der Waals surface area contributed by atoms with E-state index < -0.39 is 10.0 Å². The molecule has 0 amide bonds. The summed E-state index contributed by atoms with van der Waals surface area (Å²) in [4.78, 5) is 0. The van der Waals surface area contributed by atoms with Gasteiger partial charge in [-0.2, -0.15) is 0 Å². The second kappa shape index (κ2) is 5.18. The molecule has 0 unspecified atom stereocenters. The number of sulfonamides is 1. The zero-order valence-corrected chi connectivity index (χ0v) is 11.7. The Morgan fingerprint density at radius 1 is 1.39 bits per heavy atom. The second-order valence-electron chi connectivity index (χ2n) is 4.49. The van der Waals surface area contributed by atoms with Crippen LogP contribution in [0.3, 0.4) is 0 Å². The van der Waals surface area contributed by atoms with Crippen molar-refractivity contribution < 1.29 is 13.2 Å². The van der Waals surface area contributed by atoms with Gasteiger partial charge in [-0.1, -0.05) is 13.0 Å². The first-order valence-corrected chi connectivity index (χ1v) is 7.86. The minimum atomic E-state index is -3.19. The van der Waals surface area contributed by atoms with Gasteiger partial charge < -0.3 is 4.74 Å². The Balaban J connectivity index is 2.43. The number of nitrogens with zero attached hydrogens (tertiary/aromatic N) is 1. The summed E-state index contributed by atoms with van der Waals surface area (Å²) in [5.74, 6) is 0.899. The minimum Gasteiger partial charge on any atom is -0.497 e. The topological polar surface area (TPSA) is 46.6 Å². The zero-order valence-electron chi connectivity index (χ0n) is 10.8. The summed E-state index contributed by atoms with van der Waals surface area (Å²) in [7, 11) is -1.60. The molecule has 0 aliphatic carbocycles. The summed E-state index contributed by atoms with van der Waals surface area (Å²) >= 11 is 0. The van der Waals surface area contributed by atoms with Crippen LogP contribution >= 0.6 is 0 Å². The average Bonchev–Trinajstić information content (AvgIpc) is 2.37. The van der Waals surface area contributed by atoms with E-state index in [1.54, 1.807) is 7.11 Å². The van der Waals surface area contributed by atoms with Crippen LogP contribution in [-0.2, 0) is 16.4 Å². The third-order valence-electron chi connectivity index (χ3n) is 3.17. The van der Waals surface area contributed by atoms with E-state index >= 15 is 0 Å². The molecule has 0 atom stereocenters. The second-order valence-corrected chi connectivity index (χ2v) is 6.50. The predicted molar refractivity (Wildman–Crippen MR) is 72.7 cm³/mol. The van der Waals surface area contributed by atoms with Gasteiger partial charge in [0.1, 0.15) is 5.75 Å². The maximum absolute atomic E-state index is 12.2. The van der Waals surface area contributed by atoms with Crippen molar-refractivity contribution in [1.82, 2.24) is 0 Å². The molecule has 5 heteroatoms. The molecule has 0 bridgehead atoms. The van der Waals surface area contributed by atoms with E-state index in [0.717, 1.165) is 24.1 Å². The van der Waals surface area contributed by atoms with Crippen molar-refractivity contribution in [1.29, 1.82) is 0 Å². The molecule has 0 radical (unpaired) electrons. The quantitative estimate of drug-likeness (QED) is 0.841. The lowest BCUT2D eigenvalue weighted by Crippen LogP contribution is -2.37. The maximum Gasteiger partial charge on any atom is 0.235 e. The third kappa shape index (κ3) is 2.46. The number of aryl methyl sites for hydroxylation is 1. The summed E-state index contributed by atoms with van der Waals surface area (Å²) in [5.41, 5.74) is 1.87. The number of benzene rings is 1. The molecule has 1 aliphatic rings. The Bertz CT molecular complexity index is 525. The fourth-order valence-corrected chi connectivity index (χ4v) is 3.92. The molecule has 1 aromatic rings. The van der Waals surface area contributed by atoms with E-state index in [9.17, 15) is 8.42 Å². The van der Waals surface area contributed by atoms with E-state index in [1.807, 2.05) is 25.1 Å². The number of hydrogen-bond acceptors (Lipinski definition) is 3. The molecule has 0 fully saturated rings. The molecule has 0 saturated carbocycles. The van der Waals surface area contributed by atoms with E-state index in [1.165, 1.54) is 4.31 Å². The summed E-state index contributed by atoms with van der Waals surface area (Å²) in [5, 5.41) is 0. The normalized spacial score (nSPS) is 15.3. The van der Waals surface area contributed by atoms with Crippen LogP contribution in [0, 0.1) is 0 Å². The predicted octanol–water partition coefficient (Wildman–Crippen LogP) is 2.19. The summed E-state index contributed by atoms with van der Waals surface area (Å²) < 4.78 is 31.2. The fourth-order valence-electron chi connectivity index (χ4n) is 2.30. The van der Waals surface area contributed by atoms with Crippen LogP contribution in [0.15, 0.2) is 18.2 Å². The molecule has 0 saturated heterocycles. The van der Waals surface area contributed by atoms with Crippen molar-refractivity contribution in [2.24, 2.45) is 0 Å². The van der Waals surface area contributed by atoms with Crippen LogP contribution in [0.25, 0.3) is 0 Å². The van der Waals surface area contributed by atoms with Crippen molar-refractivity contribution >= 4 is 15.7 Å². The van der Waals surface area contributed by atoms with Crippen LogP contribution in [-0.4, -0.2) is 27.8 Å². The monoisotopic (exact) mass is 269 g/mol. The first-order valence-electron chi connectivity index (χ1n) is 6.26. The molecule has 18 heavy (non-hydrogen) atoms. The lowest BCUT2D eigenvalue weighted by atomic mass is 10.0. The minimum absolute atomic E-state index is 0.198. The molecule has 100 valence electrons. The first kappa shape index (κ1) is 13.2. The van der Waals surface area contributed by atoms with Gasteiger partial charge in [-0.25, -0.2) is 8.42 Å². The van der Waals surface area contributed by atoms with Crippen molar-refractivity contribution in [2.45, 2.75) is 26.2 Å².